The monoisotopic (exact) mass is 409 g/mol. The van der Waals surface area contributed by atoms with Crippen LogP contribution in [0.5, 0.6) is 5.75 Å². The summed E-state index contributed by atoms with van der Waals surface area (Å²) in [5.74, 6) is 1.09. The Morgan fingerprint density at radius 3 is 2.82 bits per heavy atom. The normalized spacial score (nSPS) is 23.3. The van der Waals surface area contributed by atoms with E-state index in [1.54, 1.807) is 11.0 Å². The summed E-state index contributed by atoms with van der Waals surface area (Å²) in [6.45, 7) is 6.95. The first-order valence-electron chi connectivity index (χ1n) is 10.1. The summed E-state index contributed by atoms with van der Waals surface area (Å²) in [7, 11) is 0. The molecule has 1 saturated heterocycles. The summed E-state index contributed by atoms with van der Waals surface area (Å²) in [6.07, 6.45) is 4.40. The highest BCUT2D eigenvalue weighted by molar-refractivity contribution is 5.96. The second kappa shape index (κ2) is 10.1. The molecule has 7 heteroatoms. The Morgan fingerprint density at radius 2 is 2.07 bits per heavy atom. The first-order chi connectivity index (χ1) is 13.1. The number of carbonyl (C=O) groups is 2. The second-order valence-corrected chi connectivity index (χ2v) is 7.57. The Bertz CT molecular complexity index is 681. The summed E-state index contributed by atoms with van der Waals surface area (Å²) in [5.41, 5.74) is 0.437. The first kappa shape index (κ1) is 22.5. The number of halogens is 1. The van der Waals surface area contributed by atoms with Crippen molar-refractivity contribution in [2.45, 2.75) is 39.5 Å². The van der Waals surface area contributed by atoms with Gasteiger partial charge in [-0.05, 0) is 51.3 Å². The molecule has 1 aliphatic carbocycles. The predicted molar refractivity (Wildman–Crippen MR) is 113 cm³/mol. The molecule has 0 radical (unpaired) electrons. The summed E-state index contributed by atoms with van der Waals surface area (Å²) >= 11 is 0. The van der Waals surface area contributed by atoms with Gasteiger partial charge in [-0.1, -0.05) is 18.9 Å². The van der Waals surface area contributed by atoms with Crippen LogP contribution in [0.25, 0.3) is 0 Å². The fourth-order valence-corrected chi connectivity index (χ4v) is 4.42. The Morgan fingerprint density at radius 1 is 1.29 bits per heavy atom. The second-order valence-electron chi connectivity index (χ2n) is 7.57. The maximum absolute atomic E-state index is 13.1. The molecule has 1 heterocycles. The van der Waals surface area contributed by atoms with Crippen molar-refractivity contribution in [2.24, 2.45) is 11.3 Å². The number of nitrogens with one attached hydrogen (secondary N) is 2. The molecule has 0 bridgehead atoms. The molecule has 2 fully saturated rings. The molecular weight excluding hydrogens is 378 g/mol. The van der Waals surface area contributed by atoms with Crippen molar-refractivity contribution in [3.8, 4) is 5.75 Å². The zero-order valence-corrected chi connectivity index (χ0v) is 17.6. The van der Waals surface area contributed by atoms with E-state index in [0.29, 0.717) is 24.8 Å². The SMILES string of the molecule is CCN(CC)C(=O)COc1cccc(NC(=O)[C@@]23CCCC[C@H]2CNC3)c1.Cl. The van der Waals surface area contributed by atoms with Gasteiger partial charge < -0.3 is 20.3 Å². The quantitative estimate of drug-likeness (QED) is 0.726. The van der Waals surface area contributed by atoms with E-state index in [1.165, 1.54) is 6.42 Å². The van der Waals surface area contributed by atoms with E-state index in [2.05, 4.69) is 10.6 Å². The minimum absolute atomic E-state index is 0. The van der Waals surface area contributed by atoms with Gasteiger partial charge in [-0.2, -0.15) is 0 Å². The first-order valence-corrected chi connectivity index (χ1v) is 10.1. The largest absolute Gasteiger partial charge is 0.484 e. The van der Waals surface area contributed by atoms with Crippen LogP contribution in [0.4, 0.5) is 5.69 Å². The average molecular weight is 410 g/mol. The van der Waals surface area contributed by atoms with Crippen LogP contribution < -0.4 is 15.4 Å². The van der Waals surface area contributed by atoms with E-state index in [-0.39, 0.29) is 36.2 Å². The lowest BCUT2D eigenvalue weighted by Crippen LogP contribution is -2.44. The molecule has 2 atom stereocenters. The predicted octanol–water partition coefficient (Wildman–Crippen LogP) is 3.07. The Hall–Kier alpha value is -1.79. The van der Waals surface area contributed by atoms with Gasteiger partial charge in [0.2, 0.25) is 5.91 Å². The molecule has 1 aromatic carbocycles. The third kappa shape index (κ3) is 4.78. The maximum Gasteiger partial charge on any atom is 0.260 e. The number of ether oxygens (including phenoxy) is 1. The average Bonchev–Trinajstić information content (AvgIpc) is 3.13. The van der Waals surface area contributed by atoms with E-state index < -0.39 is 0 Å². The zero-order chi connectivity index (χ0) is 19.3. The molecule has 1 aromatic rings. The van der Waals surface area contributed by atoms with Crippen LogP contribution in [0.2, 0.25) is 0 Å². The highest BCUT2D eigenvalue weighted by Crippen LogP contribution is 2.44. The molecular formula is C21H32ClN3O3. The van der Waals surface area contributed by atoms with Crippen molar-refractivity contribution in [3.63, 3.8) is 0 Å². The van der Waals surface area contributed by atoms with Gasteiger partial charge in [0, 0.05) is 31.4 Å². The van der Waals surface area contributed by atoms with Gasteiger partial charge >= 0.3 is 0 Å². The van der Waals surface area contributed by atoms with Crippen molar-refractivity contribution in [1.29, 1.82) is 0 Å². The number of anilines is 1. The summed E-state index contributed by atoms with van der Waals surface area (Å²) in [5, 5.41) is 6.50. The van der Waals surface area contributed by atoms with E-state index >= 15 is 0 Å². The number of amides is 2. The zero-order valence-electron chi connectivity index (χ0n) is 16.8. The molecule has 0 unspecified atom stereocenters. The Labute approximate surface area is 173 Å². The fourth-order valence-electron chi connectivity index (χ4n) is 4.42. The molecule has 1 aliphatic heterocycles. The van der Waals surface area contributed by atoms with Crippen molar-refractivity contribution >= 4 is 29.9 Å². The minimum Gasteiger partial charge on any atom is -0.484 e. The Kier molecular flexibility index (Phi) is 8.13. The molecule has 1 saturated carbocycles. The van der Waals surface area contributed by atoms with Gasteiger partial charge in [0.15, 0.2) is 6.61 Å². The van der Waals surface area contributed by atoms with E-state index in [9.17, 15) is 9.59 Å². The topological polar surface area (TPSA) is 70.7 Å². The highest BCUT2D eigenvalue weighted by atomic mass is 35.5. The molecule has 28 heavy (non-hydrogen) atoms. The summed E-state index contributed by atoms with van der Waals surface area (Å²) in [6, 6.07) is 7.32. The molecule has 3 rings (SSSR count). The molecule has 0 spiro atoms. The van der Waals surface area contributed by atoms with Crippen LogP contribution in [-0.4, -0.2) is 49.5 Å². The number of likely N-dealkylation sites (N-methyl/N-ethyl adjacent to an activating group) is 1. The van der Waals surface area contributed by atoms with Gasteiger partial charge in [0.1, 0.15) is 5.75 Å². The number of benzene rings is 1. The van der Waals surface area contributed by atoms with Crippen molar-refractivity contribution in [3.05, 3.63) is 24.3 Å². The Balaban J connectivity index is 0.00000280. The standard InChI is InChI=1S/C21H31N3O3.ClH/c1-3-24(4-2)19(25)14-27-18-10-7-9-17(12-18)23-20(26)21-11-6-5-8-16(21)13-22-15-21;/h7,9-10,12,16,22H,3-6,8,11,13-15H2,1-2H3,(H,23,26);1H/t16-,21+;/m0./s1. The van der Waals surface area contributed by atoms with Crippen LogP contribution in [0.1, 0.15) is 39.5 Å². The van der Waals surface area contributed by atoms with Crippen molar-refractivity contribution < 1.29 is 14.3 Å². The number of nitrogens with zero attached hydrogens (tertiary/aromatic N) is 1. The number of carbonyl (C=O) groups excluding carboxylic acids is 2. The molecule has 2 amide bonds. The van der Waals surface area contributed by atoms with Gasteiger partial charge in [0.25, 0.3) is 5.91 Å². The van der Waals surface area contributed by atoms with E-state index in [4.69, 9.17) is 4.74 Å². The minimum atomic E-state index is -0.284. The number of fused-ring (bicyclic) bond motifs is 1. The van der Waals surface area contributed by atoms with Gasteiger partial charge in [-0.25, -0.2) is 0 Å². The number of hydrogen-bond donors (Lipinski definition) is 2. The van der Waals surface area contributed by atoms with Gasteiger partial charge in [0.05, 0.1) is 5.41 Å². The fraction of sp³-hybridized carbons (Fsp3) is 0.619. The smallest absolute Gasteiger partial charge is 0.260 e. The lowest BCUT2D eigenvalue weighted by atomic mass is 9.67. The van der Waals surface area contributed by atoms with E-state index in [0.717, 1.165) is 38.0 Å². The highest BCUT2D eigenvalue weighted by Gasteiger charge is 2.49. The number of rotatable bonds is 7. The molecule has 2 N–H and O–H groups in total. The summed E-state index contributed by atoms with van der Waals surface area (Å²) < 4.78 is 5.65. The van der Waals surface area contributed by atoms with Crippen molar-refractivity contribution in [2.75, 3.05) is 38.1 Å². The summed E-state index contributed by atoms with van der Waals surface area (Å²) in [4.78, 5) is 26.9. The van der Waals surface area contributed by atoms with Crippen LogP contribution >= 0.6 is 12.4 Å². The van der Waals surface area contributed by atoms with E-state index in [1.807, 2.05) is 32.0 Å². The van der Waals surface area contributed by atoms with Crippen LogP contribution in [0.15, 0.2) is 24.3 Å². The molecule has 0 aromatic heterocycles. The molecule has 2 aliphatic rings. The lowest BCUT2D eigenvalue weighted by Gasteiger charge is -2.37. The van der Waals surface area contributed by atoms with Gasteiger partial charge in [-0.15, -0.1) is 12.4 Å². The van der Waals surface area contributed by atoms with Gasteiger partial charge in [-0.3, -0.25) is 9.59 Å². The third-order valence-electron chi connectivity index (χ3n) is 6.06. The van der Waals surface area contributed by atoms with Crippen LogP contribution in [0.3, 0.4) is 0 Å². The molecule has 156 valence electrons. The third-order valence-corrected chi connectivity index (χ3v) is 6.06. The lowest BCUT2D eigenvalue weighted by molar-refractivity contribution is -0.133. The van der Waals surface area contributed by atoms with Crippen LogP contribution in [0, 0.1) is 11.3 Å². The van der Waals surface area contributed by atoms with Crippen molar-refractivity contribution in [1.82, 2.24) is 10.2 Å². The van der Waals surface area contributed by atoms with Crippen LogP contribution in [-0.2, 0) is 9.59 Å². The molecule has 6 nitrogen and oxygen atoms in total. The maximum atomic E-state index is 13.1. The number of hydrogen-bond acceptors (Lipinski definition) is 4.